The van der Waals surface area contributed by atoms with Crippen LogP contribution in [0.15, 0.2) is 59.1 Å². The second-order valence-electron chi connectivity index (χ2n) is 5.42. The molecule has 1 amide bonds. The summed E-state index contributed by atoms with van der Waals surface area (Å²) in [7, 11) is 0. The SMILES string of the molecule is Cc1cc(NC(=O)c2cccc(Br)c2)nn1Cc1ccc(Cl)cc1. The van der Waals surface area contributed by atoms with Gasteiger partial charge in [-0.15, -0.1) is 0 Å². The molecule has 24 heavy (non-hydrogen) atoms. The third kappa shape index (κ3) is 4.04. The van der Waals surface area contributed by atoms with Crippen LogP contribution in [0.2, 0.25) is 5.02 Å². The van der Waals surface area contributed by atoms with Crippen molar-refractivity contribution >= 4 is 39.3 Å². The first-order chi connectivity index (χ1) is 11.5. The van der Waals surface area contributed by atoms with Gasteiger partial charge in [0.25, 0.3) is 5.91 Å². The van der Waals surface area contributed by atoms with E-state index in [2.05, 4.69) is 26.3 Å². The fourth-order valence-corrected chi connectivity index (χ4v) is 2.84. The molecule has 4 nitrogen and oxygen atoms in total. The molecule has 3 rings (SSSR count). The lowest BCUT2D eigenvalue weighted by Crippen LogP contribution is -2.13. The first-order valence-electron chi connectivity index (χ1n) is 7.37. The topological polar surface area (TPSA) is 46.9 Å². The van der Waals surface area contributed by atoms with Crippen molar-refractivity contribution in [3.63, 3.8) is 0 Å². The highest BCUT2D eigenvalue weighted by Crippen LogP contribution is 2.16. The molecule has 1 aromatic heterocycles. The number of carbonyl (C=O) groups excluding carboxylic acids is 1. The standard InChI is InChI=1S/C18H15BrClN3O/c1-12-9-17(21-18(24)14-3-2-4-15(19)10-14)22-23(12)11-13-5-7-16(20)8-6-13/h2-10H,11H2,1H3,(H,21,22,24). The number of aryl methyl sites for hydroxylation is 1. The molecule has 0 atom stereocenters. The number of anilines is 1. The van der Waals surface area contributed by atoms with Gasteiger partial charge in [0, 0.05) is 26.8 Å². The minimum Gasteiger partial charge on any atom is -0.305 e. The van der Waals surface area contributed by atoms with E-state index in [1.54, 1.807) is 12.1 Å². The number of nitrogens with one attached hydrogen (secondary N) is 1. The van der Waals surface area contributed by atoms with Gasteiger partial charge in [-0.1, -0.05) is 45.7 Å². The van der Waals surface area contributed by atoms with Crippen LogP contribution in [-0.2, 0) is 6.54 Å². The molecule has 0 saturated carbocycles. The Bertz CT molecular complexity index is 874. The van der Waals surface area contributed by atoms with E-state index in [0.717, 1.165) is 15.7 Å². The van der Waals surface area contributed by atoms with E-state index in [0.29, 0.717) is 22.9 Å². The summed E-state index contributed by atoms with van der Waals surface area (Å²) in [5.74, 6) is 0.346. The summed E-state index contributed by atoms with van der Waals surface area (Å²) in [5, 5.41) is 7.99. The van der Waals surface area contributed by atoms with Gasteiger partial charge in [-0.3, -0.25) is 9.48 Å². The highest BCUT2D eigenvalue weighted by Gasteiger charge is 2.10. The smallest absolute Gasteiger partial charge is 0.256 e. The Morgan fingerprint density at radius 1 is 1.21 bits per heavy atom. The molecule has 0 radical (unpaired) electrons. The number of nitrogens with zero attached hydrogens (tertiary/aromatic N) is 2. The van der Waals surface area contributed by atoms with E-state index >= 15 is 0 Å². The van der Waals surface area contributed by atoms with E-state index in [-0.39, 0.29) is 5.91 Å². The van der Waals surface area contributed by atoms with Crippen LogP contribution in [0.1, 0.15) is 21.6 Å². The number of rotatable bonds is 4. The lowest BCUT2D eigenvalue weighted by Gasteiger charge is -2.05. The summed E-state index contributed by atoms with van der Waals surface area (Å²) in [6, 6.07) is 16.7. The van der Waals surface area contributed by atoms with Gasteiger partial charge in [0.2, 0.25) is 0 Å². The predicted molar refractivity (Wildman–Crippen MR) is 99.6 cm³/mol. The number of benzene rings is 2. The predicted octanol–water partition coefficient (Wildman–Crippen LogP) is 4.91. The van der Waals surface area contributed by atoms with Gasteiger partial charge in [0.1, 0.15) is 0 Å². The molecule has 122 valence electrons. The van der Waals surface area contributed by atoms with Gasteiger partial charge in [-0.05, 0) is 42.8 Å². The molecule has 2 aromatic carbocycles. The van der Waals surface area contributed by atoms with E-state index in [4.69, 9.17) is 11.6 Å². The molecule has 3 aromatic rings. The minimum atomic E-state index is -0.188. The van der Waals surface area contributed by atoms with Crippen molar-refractivity contribution in [1.82, 2.24) is 9.78 Å². The van der Waals surface area contributed by atoms with Gasteiger partial charge < -0.3 is 5.32 Å². The van der Waals surface area contributed by atoms with Crippen LogP contribution in [0.4, 0.5) is 5.82 Å². The van der Waals surface area contributed by atoms with Crippen LogP contribution in [-0.4, -0.2) is 15.7 Å². The molecule has 0 aliphatic carbocycles. The van der Waals surface area contributed by atoms with Crippen molar-refractivity contribution in [3.8, 4) is 0 Å². The van der Waals surface area contributed by atoms with Crippen LogP contribution in [0.5, 0.6) is 0 Å². The maximum atomic E-state index is 12.3. The zero-order valence-corrected chi connectivity index (χ0v) is 15.3. The molecule has 0 fully saturated rings. The Morgan fingerprint density at radius 2 is 1.96 bits per heavy atom. The number of hydrogen-bond acceptors (Lipinski definition) is 2. The lowest BCUT2D eigenvalue weighted by molar-refractivity contribution is 0.102. The molecule has 0 unspecified atom stereocenters. The van der Waals surface area contributed by atoms with Crippen molar-refractivity contribution < 1.29 is 4.79 Å². The zero-order valence-electron chi connectivity index (χ0n) is 13.0. The fourth-order valence-electron chi connectivity index (χ4n) is 2.31. The summed E-state index contributed by atoms with van der Waals surface area (Å²) >= 11 is 9.27. The number of halogens is 2. The second kappa shape index (κ2) is 7.20. The first kappa shape index (κ1) is 16.7. The molecule has 1 heterocycles. The molecule has 0 aliphatic heterocycles. The summed E-state index contributed by atoms with van der Waals surface area (Å²) in [6.45, 7) is 2.58. The van der Waals surface area contributed by atoms with Crippen molar-refractivity contribution in [2.75, 3.05) is 5.32 Å². The largest absolute Gasteiger partial charge is 0.305 e. The normalized spacial score (nSPS) is 10.6. The first-order valence-corrected chi connectivity index (χ1v) is 8.54. The molecule has 0 saturated heterocycles. The lowest BCUT2D eigenvalue weighted by atomic mass is 10.2. The molecule has 0 bridgehead atoms. The van der Waals surface area contributed by atoms with E-state index in [1.165, 1.54) is 0 Å². The molecular formula is C18H15BrClN3O. The van der Waals surface area contributed by atoms with E-state index < -0.39 is 0 Å². The van der Waals surface area contributed by atoms with Gasteiger partial charge >= 0.3 is 0 Å². The molecule has 0 spiro atoms. The zero-order chi connectivity index (χ0) is 17.1. The van der Waals surface area contributed by atoms with Crippen LogP contribution in [0.3, 0.4) is 0 Å². The van der Waals surface area contributed by atoms with Crippen LogP contribution < -0.4 is 5.32 Å². The number of aromatic nitrogens is 2. The van der Waals surface area contributed by atoms with Gasteiger partial charge in [0.15, 0.2) is 5.82 Å². The van der Waals surface area contributed by atoms with Crippen LogP contribution >= 0.6 is 27.5 Å². The van der Waals surface area contributed by atoms with Gasteiger partial charge in [-0.25, -0.2) is 0 Å². The summed E-state index contributed by atoms with van der Waals surface area (Å²) in [4.78, 5) is 12.3. The molecule has 0 aliphatic rings. The maximum Gasteiger partial charge on any atom is 0.256 e. The summed E-state index contributed by atoms with van der Waals surface area (Å²) in [6.07, 6.45) is 0. The highest BCUT2D eigenvalue weighted by molar-refractivity contribution is 9.10. The van der Waals surface area contributed by atoms with Crippen molar-refractivity contribution in [2.24, 2.45) is 0 Å². The van der Waals surface area contributed by atoms with Crippen molar-refractivity contribution in [2.45, 2.75) is 13.5 Å². The third-order valence-electron chi connectivity index (χ3n) is 3.56. The number of amides is 1. The summed E-state index contributed by atoms with van der Waals surface area (Å²) in [5.41, 5.74) is 2.64. The van der Waals surface area contributed by atoms with Crippen LogP contribution in [0.25, 0.3) is 0 Å². The monoisotopic (exact) mass is 403 g/mol. The Labute approximate surface area is 153 Å². The Morgan fingerprint density at radius 3 is 2.67 bits per heavy atom. The highest BCUT2D eigenvalue weighted by atomic mass is 79.9. The minimum absolute atomic E-state index is 0.188. The van der Waals surface area contributed by atoms with Crippen LogP contribution in [0, 0.1) is 6.92 Å². The quantitative estimate of drug-likeness (QED) is 0.672. The van der Waals surface area contributed by atoms with E-state index in [9.17, 15) is 4.79 Å². The number of hydrogen-bond donors (Lipinski definition) is 1. The Hall–Kier alpha value is -2.11. The number of carbonyl (C=O) groups is 1. The maximum absolute atomic E-state index is 12.3. The third-order valence-corrected chi connectivity index (χ3v) is 4.30. The van der Waals surface area contributed by atoms with Gasteiger partial charge in [-0.2, -0.15) is 5.10 Å². The average molecular weight is 405 g/mol. The molecular weight excluding hydrogens is 390 g/mol. The Kier molecular flexibility index (Phi) is 5.02. The van der Waals surface area contributed by atoms with Gasteiger partial charge in [0.05, 0.1) is 6.54 Å². The average Bonchev–Trinajstić information content (AvgIpc) is 2.89. The van der Waals surface area contributed by atoms with Crippen molar-refractivity contribution in [1.29, 1.82) is 0 Å². The summed E-state index contributed by atoms with van der Waals surface area (Å²) < 4.78 is 2.71. The molecule has 1 N–H and O–H groups in total. The molecule has 6 heteroatoms. The second-order valence-corrected chi connectivity index (χ2v) is 6.77. The fraction of sp³-hybridized carbons (Fsp3) is 0.111. The van der Waals surface area contributed by atoms with Crippen molar-refractivity contribution in [3.05, 3.63) is 80.9 Å². The Balaban J connectivity index is 1.74. The van der Waals surface area contributed by atoms with E-state index in [1.807, 2.05) is 54.1 Å².